The highest BCUT2D eigenvalue weighted by atomic mass is 32.2. The van der Waals surface area contributed by atoms with E-state index < -0.39 is 63.1 Å². The number of carbonyl (C=O) groups is 6. The normalized spacial score (nSPS) is 12.9. The molecule has 14 nitrogen and oxygen atoms in total. The number of amides is 3. The molecular weight excluding hydrogens is 586 g/mol. The van der Waals surface area contributed by atoms with Crippen molar-refractivity contribution in [2.45, 2.75) is 85.3 Å². The summed E-state index contributed by atoms with van der Waals surface area (Å²) < 4.78 is 40.5. The molecule has 15 heteroatoms. The van der Waals surface area contributed by atoms with Crippen molar-refractivity contribution in [1.29, 1.82) is 0 Å². The lowest BCUT2D eigenvalue weighted by atomic mass is 9.89. The molecule has 2 atom stereocenters. The second-order valence-corrected chi connectivity index (χ2v) is 12.9. The zero-order valence-corrected chi connectivity index (χ0v) is 26.8. The number of esters is 2. The van der Waals surface area contributed by atoms with Crippen LogP contribution in [0.4, 0.5) is 0 Å². The van der Waals surface area contributed by atoms with Crippen LogP contribution in [0.2, 0.25) is 0 Å². The number of ketones is 1. The van der Waals surface area contributed by atoms with Crippen molar-refractivity contribution >= 4 is 45.6 Å². The number of rotatable bonds is 20. The van der Waals surface area contributed by atoms with Crippen molar-refractivity contribution in [3.63, 3.8) is 0 Å². The van der Waals surface area contributed by atoms with Crippen molar-refractivity contribution < 1.29 is 51.2 Å². The third-order valence-electron chi connectivity index (χ3n) is 5.92. The van der Waals surface area contributed by atoms with E-state index in [1.54, 1.807) is 34.6 Å². The van der Waals surface area contributed by atoms with Gasteiger partial charge < -0.3 is 25.0 Å². The summed E-state index contributed by atoms with van der Waals surface area (Å²) in [6, 6.07) is -0.928. The molecule has 0 saturated carbocycles. The highest BCUT2D eigenvalue weighted by Crippen LogP contribution is 2.18. The molecular formula is C28H47N3O11S. The Balaban J connectivity index is 5.25. The number of hydrogen-bond donors (Lipinski definition) is 3. The molecule has 0 aromatic rings. The first-order chi connectivity index (χ1) is 19.8. The van der Waals surface area contributed by atoms with E-state index in [1.807, 2.05) is 0 Å². The van der Waals surface area contributed by atoms with Crippen LogP contribution in [0.3, 0.4) is 0 Å². The molecule has 0 radical (unpaired) electrons. The predicted molar refractivity (Wildman–Crippen MR) is 157 cm³/mol. The maximum Gasteiger partial charge on any atom is 0.328 e. The molecule has 43 heavy (non-hydrogen) atoms. The van der Waals surface area contributed by atoms with Crippen LogP contribution in [0.1, 0.15) is 73.6 Å². The summed E-state index contributed by atoms with van der Waals surface area (Å²) in [7, 11) is -4.26. The molecule has 0 heterocycles. The van der Waals surface area contributed by atoms with Gasteiger partial charge in [0.1, 0.15) is 24.0 Å². The molecule has 0 aliphatic heterocycles. The minimum Gasteiger partial charge on any atom is -0.461 e. The first-order valence-corrected chi connectivity index (χ1v) is 15.7. The number of hydrogen-bond acceptors (Lipinski definition) is 10. The minimum atomic E-state index is -4.26. The molecule has 0 fully saturated rings. The van der Waals surface area contributed by atoms with Gasteiger partial charge in [-0.1, -0.05) is 26.5 Å². The fourth-order valence-corrected chi connectivity index (χ4v) is 3.97. The largest absolute Gasteiger partial charge is 0.461 e. The van der Waals surface area contributed by atoms with Gasteiger partial charge in [-0.3, -0.25) is 28.5 Å². The zero-order chi connectivity index (χ0) is 33.4. The first-order valence-electron chi connectivity index (χ1n) is 14.1. The van der Waals surface area contributed by atoms with Gasteiger partial charge >= 0.3 is 11.9 Å². The third-order valence-corrected chi connectivity index (χ3v) is 6.64. The average molecular weight is 634 g/mol. The van der Waals surface area contributed by atoms with Crippen LogP contribution in [-0.4, -0.2) is 97.0 Å². The van der Waals surface area contributed by atoms with Gasteiger partial charge in [-0.2, -0.15) is 8.42 Å². The molecule has 0 rings (SSSR count). The lowest BCUT2D eigenvalue weighted by molar-refractivity contribution is -0.158. The van der Waals surface area contributed by atoms with Crippen molar-refractivity contribution in [1.82, 2.24) is 15.5 Å². The van der Waals surface area contributed by atoms with Gasteiger partial charge in [0.2, 0.25) is 17.7 Å². The van der Waals surface area contributed by atoms with Crippen molar-refractivity contribution in [3.8, 4) is 0 Å². The molecule has 0 unspecified atom stereocenters. The van der Waals surface area contributed by atoms with E-state index in [0.717, 1.165) is 0 Å². The van der Waals surface area contributed by atoms with Crippen LogP contribution in [0.5, 0.6) is 0 Å². The van der Waals surface area contributed by atoms with Gasteiger partial charge in [-0.25, -0.2) is 4.79 Å². The quantitative estimate of drug-likeness (QED) is 0.0987. The molecule has 0 aromatic carbocycles. The Morgan fingerprint density at radius 3 is 2.12 bits per heavy atom. The molecule has 0 aliphatic rings. The highest BCUT2D eigenvalue weighted by Gasteiger charge is 2.30. The first kappa shape index (κ1) is 39.7. The van der Waals surface area contributed by atoms with Crippen LogP contribution in [0.15, 0.2) is 12.7 Å². The number of carbonyl (C=O) groups excluding carboxylic acids is 6. The number of nitrogens with zero attached hydrogens (tertiary/aromatic N) is 1. The molecule has 0 aromatic heterocycles. The Labute approximate surface area is 254 Å². The van der Waals surface area contributed by atoms with Crippen LogP contribution in [0, 0.1) is 11.8 Å². The average Bonchev–Trinajstić information content (AvgIpc) is 2.87. The molecule has 0 bridgehead atoms. The maximum absolute atomic E-state index is 12.9. The van der Waals surface area contributed by atoms with E-state index in [1.165, 1.54) is 17.9 Å². The van der Waals surface area contributed by atoms with E-state index in [4.69, 9.17) is 14.0 Å². The van der Waals surface area contributed by atoms with Crippen molar-refractivity contribution in [3.05, 3.63) is 12.7 Å². The Kier molecular flexibility index (Phi) is 17.6. The van der Waals surface area contributed by atoms with E-state index in [2.05, 4.69) is 17.2 Å². The standard InChI is InChI=1S/C28H47N3O11S/c1-8-16-41-25(35)12-15-31(24(34)10-9-23(33)29-13-17-43(38,39)40)14-11-21(32)18-22(19(2)3)26(36)30-20(4)27(37)42-28(5,6)7/h8,19-20,22H,1,9-18H2,2-7H3,(H,29,33)(H,30,36)(H,38,39,40)/t20-,22-/m0/s1. The lowest BCUT2D eigenvalue weighted by Crippen LogP contribution is -2.46. The van der Waals surface area contributed by atoms with E-state index in [0.29, 0.717) is 0 Å². The monoisotopic (exact) mass is 633 g/mol. The highest BCUT2D eigenvalue weighted by molar-refractivity contribution is 7.85. The summed E-state index contributed by atoms with van der Waals surface area (Å²) in [5.41, 5.74) is -0.734. The van der Waals surface area contributed by atoms with Crippen LogP contribution < -0.4 is 10.6 Å². The Bertz CT molecular complexity index is 1100. The van der Waals surface area contributed by atoms with E-state index in [-0.39, 0.29) is 70.0 Å². The molecule has 246 valence electrons. The number of ether oxygens (including phenoxy) is 2. The summed E-state index contributed by atoms with van der Waals surface area (Å²) in [6.07, 6.45) is 0.355. The molecule has 3 N–H and O–H groups in total. The van der Waals surface area contributed by atoms with E-state index in [9.17, 15) is 37.2 Å². The zero-order valence-electron chi connectivity index (χ0n) is 26.0. The smallest absolute Gasteiger partial charge is 0.328 e. The van der Waals surface area contributed by atoms with Crippen LogP contribution in [-0.2, 0) is 48.4 Å². The minimum absolute atomic E-state index is 0.0137. The molecule has 0 spiro atoms. The SMILES string of the molecule is C=CCOC(=O)CCN(CCC(=O)C[C@H](C(=O)N[C@@H](C)C(=O)OC(C)(C)C)C(C)C)C(=O)CCC(=O)NCCS(=O)(=O)O. The van der Waals surface area contributed by atoms with Gasteiger partial charge in [0.25, 0.3) is 10.1 Å². The van der Waals surface area contributed by atoms with Gasteiger partial charge in [0.05, 0.1) is 12.2 Å². The predicted octanol–water partition coefficient (Wildman–Crippen LogP) is 1.19. The Hall–Kier alpha value is -3.33. The van der Waals surface area contributed by atoms with Crippen LogP contribution >= 0.6 is 0 Å². The van der Waals surface area contributed by atoms with Crippen LogP contribution in [0.25, 0.3) is 0 Å². The summed E-state index contributed by atoms with van der Waals surface area (Å²) in [5, 5.41) is 4.88. The van der Waals surface area contributed by atoms with Gasteiger partial charge in [-0.05, 0) is 33.6 Å². The summed E-state index contributed by atoms with van der Waals surface area (Å²) in [5.74, 6) is -4.83. The molecule has 0 aliphatic carbocycles. The third kappa shape index (κ3) is 19.5. The second kappa shape index (κ2) is 19.1. The van der Waals surface area contributed by atoms with Gasteiger partial charge in [-0.15, -0.1) is 0 Å². The van der Waals surface area contributed by atoms with E-state index >= 15 is 0 Å². The van der Waals surface area contributed by atoms with Gasteiger partial charge in [0.15, 0.2) is 0 Å². The Morgan fingerprint density at radius 1 is 0.977 bits per heavy atom. The second-order valence-electron chi connectivity index (χ2n) is 11.3. The lowest BCUT2D eigenvalue weighted by Gasteiger charge is -2.25. The topological polar surface area (TPSA) is 203 Å². The fraction of sp³-hybridized carbons (Fsp3) is 0.714. The molecule has 0 saturated heterocycles. The van der Waals surface area contributed by atoms with Crippen molar-refractivity contribution in [2.75, 3.05) is 32.0 Å². The summed E-state index contributed by atoms with van der Waals surface area (Å²) >= 11 is 0. The summed E-state index contributed by atoms with van der Waals surface area (Å²) in [6.45, 7) is 13.1. The fourth-order valence-electron chi connectivity index (χ4n) is 3.61. The molecule has 3 amide bonds. The number of nitrogens with one attached hydrogen (secondary N) is 2. The van der Waals surface area contributed by atoms with Gasteiger partial charge in [0, 0.05) is 51.2 Å². The van der Waals surface area contributed by atoms with Crippen molar-refractivity contribution in [2.24, 2.45) is 11.8 Å². The summed E-state index contributed by atoms with van der Waals surface area (Å²) in [4.78, 5) is 76.1. The number of Topliss-reactive ketones (excluding diaryl/α,β-unsaturated/α-hetero) is 1. The Morgan fingerprint density at radius 2 is 1.58 bits per heavy atom. The maximum atomic E-state index is 12.9.